The highest BCUT2D eigenvalue weighted by Crippen LogP contribution is 1.90. The third-order valence-electron chi connectivity index (χ3n) is 1.98. The molecule has 0 rings (SSSR count). The fraction of sp³-hybridized carbons (Fsp3) is 0.692. The molecule has 0 aliphatic rings. The smallest absolute Gasteiger partial charge is 0.407 e. The number of amides is 1. The monoisotopic (exact) mass is 317 g/mol. The average Bonchev–Trinajstić information content (AvgIpc) is 2.49. The lowest BCUT2D eigenvalue weighted by Crippen LogP contribution is -2.28. The van der Waals surface area contributed by atoms with Gasteiger partial charge in [-0.1, -0.05) is 5.73 Å². The van der Waals surface area contributed by atoms with E-state index >= 15 is 0 Å². The summed E-state index contributed by atoms with van der Waals surface area (Å²) in [6.07, 6.45) is 3.39. The van der Waals surface area contributed by atoms with Crippen molar-refractivity contribution in [3.8, 4) is 0 Å². The third-order valence-corrected chi connectivity index (χ3v) is 2.82. The van der Waals surface area contributed by atoms with Crippen LogP contribution in [0.3, 0.4) is 0 Å². The number of nitrogens with one attached hydrogen (secondary N) is 1. The molecule has 0 bridgehead atoms. The van der Waals surface area contributed by atoms with E-state index in [-0.39, 0.29) is 13.2 Å². The van der Waals surface area contributed by atoms with Crippen LogP contribution in [0.2, 0.25) is 6.04 Å². The highest BCUT2D eigenvalue weighted by Gasteiger charge is 2.00. The Morgan fingerprint density at radius 1 is 1.29 bits per heavy atom. The molecule has 21 heavy (non-hydrogen) atoms. The first-order valence-electron chi connectivity index (χ1n) is 6.69. The summed E-state index contributed by atoms with van der Waals surface area (Å²) in [4.78, 5) is 20.6. The zero-order valence-corrected chi connectivity index (χ0v) is 13.6. The van der Waals surface area contributed by atoms with Gasteiger partial charge < -0.3 is 24.1 Å². The van der Waals surface area contributed by atoms with Crippen molar-refractivity contribution in [2.24, 2.45) is 0 Å². The predicted molar refractivity (Wildman–Crippen MR) is 77.7 cm³/mol. The average molecular weight is 317 g/mol. The molecule has 7 nitrogen and oxygen atoms in total. The van der Waals surface area contributed by atoms with Crippen molar-refractivity contribution < 1.29 is 28.5 Å². The van der Waals surface area contributed by atoms with E-state index in [1.807, 2.05) is 0 Å². The van der Waals surface area contributed by atoms with E-state index in [1.165, 1.54) is 6.26 Å². The van der Waals surface area contributed by atoms with Gasteiger partial charge in [-0.15, -0.1) is 0 Å². The quantitative estimate of drug-likeness (QED) is 0.138. The molecule has 8 heteroatoms. The van der Waals surface area contributed by atoms with Crippen LogP contribution in [0.1, 0.15) is 13.3 Å². The van der Waals surface area contributed by atoms with Gasteiger partial charge in [0.1, 0.15) is 13.2 Å². The molecule has 0 fully saturated rings. The number of alkyl carbamates (subject to hydrolysis) is 1. The van der Waals surface area contributed by atoms with Gasteiger partial charge in [0.2, 0.25) is 9.76 Å². The number of carbonyl (C=O) groups excluding carboxylic acids is 1. The Hall–Kier alpha value is -1.31. The van der Waals surface area contributed by atoms with Gasteiger partial charge in [-0.25, -0.2) is 4.79 Å². The minimum Gasteiger partial charge on any atom is -0.447 e. The summed E-state index contributed by atoms with van der Waals surface area (Å²) < 4.78 is 15.1. The van der Waals surface area contributed by atoms with Crippen LogP contribution in [-0.4, -0.2) is 55.9 Å². The summed E-state index contributed by atoms with van der Waals surface area (Å²) in [5.74, 6) is 0. The molecular formula is C13H23NO6Si. The van der Waals surface area contributed by atoms with Crippen molar-refractivity contribution in [1.82, 2.24) is 5.32 Å². The molecule has 0 aromatic rings. The van der Waals surface area contributed by atoms with Gasteiger partial charge in [0.15, 0.2) is 6.26 Å². The Morgan fingerprint density at radius 3 is 2.90 bits per heavy atom. The third kappa shape index (κ3) is 16.6. The molecule has 0 aromatic carbocycles. The van der Waals surface area contributed by atoms with Crippen LogP contribution in [0.25, 0.3) is 0 Å². The SMILES string of the molecule is CC=C=COOCCNC(=O)OCCOCCC[Si]OC. The fourth-order valence-corrected chi connectivity index (χ4v) is 1.56. The molecule has 0 heterocycles. The lowest BCUT2D eigenvalue weighted by molar-refractivity contribution is -0.246. The first kappa shape index (κ1) is 19.7. The molecule has 120 valence electrons. The highest BCUT2D eigenvalue weighted by atomic mass is 28.2. The van der Waals surface area contributed by atoms with Crippen molar-refractivity contribution >= 4 is 15.9 Å². The number of rotatable bonds is 13. The minimum atomic E-state index is -0.507. The van der Waals surface area contributed by atoms with Crippen molar-refractivity contribution in [3.63, 3.8) is 0 Å². The van der Waals surface area contributed by atoms with Crippen LogP contribution in [-0.2, 0) is 23.7 Å². The Labute approximate surface area is 128 Å². The van der Waals surface area contributed by atoms with Gasteiger partial charge in [0.05, 0.1) is 6.61 Å². The lowest BCUT2D eigenvalue weighted by atomic mass is 10.5. The maximum absolute atomic E-state index is 11.2. The maximum atomic E-state index is 11.2. The molecule has 0 aliphatic carbocycles. The van der Waals surface area contributed by atoms with Crippen molar-refractivity contribution in [1.29, 1.82) is 0 Å². The van der Waals surface area contributed by atoms with E-state index in [1.54, 1.807) is 20.1 Å². The number of allylic oxidation sites excluding steroid dienone is 1. The Kier molecular flexibility index (Phi) is 15.7. The summed E-state index contributed by atoms with van der Waals surface area (Å²) in [6, 6.07) is 0.989. The summed E-state index contributed by atoms with van der Waals surface area (Å²) in [5.41, 5.74) is 2.67. The van der Waals surface area contributed by atoms with Crippen molar-refractivity contribution in [3.05, 3.63) is 18.1 Å². The second-order valence-corrected chi connectivity index (χ2v) is 4.82. The largest absolute Gasteiger partial charge is 0.447 e. The summed E-state index contributed by atoms with van der Waals surface area (Å²) in [7, 11) is 2.20. The van der Waals surface area contributed by atoms with Crippen LogP contribution < -0.4 is 5.32 Å². The molecule has 0 atom stereocenters. The fourth-order valence-electron chi connectivity index (χ4n) is 1.07. The van der Waals surface area contributed by atoms with Crippen LogP contribution in [0.15, 0.2) is 18.1 Å². The molecule has 0 aromatic heterocycles. The molecule has 0 aliphatic heterocycles. The molecule has 0 saturated heterocycles. The Morgan fingerprint density at radius 2 is 2.14 bits per heavy atom. The normalized spacial score (nSPS) is 9.62. The van der Waals surface area contributed by atoms with Crippen molar-refractivity contribution in [2.45, 2.75) is 19.4 Å². The topological polar surface area (TPSA) is 75.3 Å². The van der Waals surface area contributed by atoms with Gasteiger partial charge in [-0.05, 0) is 25.5 Å². The zero-order valence-electron chi connectivity index (χ0n) is 12.6. The van der Waals surface area contributed by atoms with E-state index in [4.69, 9.17) is 18.8 Å². The second kappa shape index (κ2) is 16.7. The molecular weight excluding hydrogens is 294 g/mol. The minimum absolute atomic E-state index is 0.216. The summed E-state index contributed by atoms with van der Waals surface area (Å²) in [5, 5.41) is 2.51. The standard InChI is InChI=1S/C13H23NO6Si/c1-3-4-8-19-20-9-6-14-13(15)18-11-10-17-7-5-12-21-16-2/h3,8H,5-7,9-12H2,1-2H3,(H,14,15). The first-order valence-corrected chi connectivity index (χ1v) is 7.80. The highest BCUT2D eigenvalue weighted by molar-refractivity contribution is 6.26. The molecule has 0 unspecified atom stereocenters. The zero-order chi connectivity index (χ0) is 15.6. The Bertz CT molecular complexity index is 307. The van der Waals surface area contributed by atoms with Crippen LogP contribution in [0, 0.1) is 0 Å². The molecule has 2 radical (unpaired) electrons. The van der Waals surface area contributed by atoms with Gasteiger partial charge in [-0.3, -0.25) is 0 Å². The first-order chi connectivity index (χ1) is 10.3. The molecule has 1 N–H and O–H groups in total. The van der Waals surface area contributed by atoms with Crippen LogP contribution in [0.4, 0.5) is 4.79 Å². The maximum Gasteiger partial charge on any atom is 0.407 e. The molecule has 1 amide bonds. The summed E-state index contributed by atoms with van der Waals surface area (Å²) >= 11 is 0. The van der Waals surface area contributed by atoms with Gasteiger partial charge >= 0.3 is 6.09 Å². The predicted octanol–water partition coefficient (Wildman–Crippen LogP) is 1.44. The van der Waals surface area contributed by atoms with E-state index in [2.05, 4.69) is 15.9 Å². The van der Waals surface area contributed by atoms with E-state index in [9.17, 15) is 4.79 Å². The second-order valence-electron chi connectivity index (χ2n) is 3.62. The lowest BCUT2D eigenvalue weighted by Gasteiger charge is -2.07. The van der Waals surface area contributed by atoms with E-state index < -0.39 is 6.09 Å². The van der Waals surface area contributed by atoms with Gasteiger partial charge in [-0.2, -0.15) is 4.89 Å². The van der Waals surface area contributed by atoms with Gasteiger partial charge in [0.25, 0.3) is 0 Å². The van der Waals surface area contributed by atoms with E-state index in [0.717, 1.165) is 12.5 Å². The molecule has 0 spiro atoms. The number of ether oxygens (including phenoxy) is 2. The number of hydrogen-bond acceptors (Lipinski definition) is 6. The summed E-state index contributed by atoms with van der Waals surface area (Å²) in [6.45, 7) is 3.57. The van der Waals surface area contributed by atoms with Crippen LogP contribution >= 0.6 is 0 Å². The van der Waals surface area contributed by atoms with Gasteiger partial charge in [0, 0.05) is 20.3 Å². The van der Waals surface area contributed by atoms with Crippen LogP contribution in [0.5, 0.6) is 0 Å². The molecule has 0 saturated carbocycles. The van der Waals surface area contributed by atoms with E-state index in [0.29, 0.717) is 29.5 Å². The Balaban J connectivity index is 3.22. The number of carbonyl (C=O) groups is 1. The number of hydrogen-bond donors (Lipinski definition) is 1. The van der Waals surface area contributed by atoms with Crippen molar-refractivity contribution in [2.75, 3.05) is 40.1 Å².